The maximum Gasteiger partial charge on any atom is 0.235 e. The number of hydrogen-bond donors (Lipinski definition) is 0. The fourth-order valence-corrected chi connectivity index (χ4v) is 2.59. The first-order valence-electron chi connectivity index (χ1n) is 7.84. The SMILES string of the molecule is COc1ccc(CC(=O)N(c2ccccc2)c2ccccc2)cc1. The van der Waals surface area contributed by atoms with Crippen molar-refractivity contribution in [3.63, 3.8) is 0 Å². The van der Waals surface area contributed by atoms with E-state index in [9.17, 15) is 4.79 Å². The summed E-state index contributed by atoms with van der Waals surface area (Å²) in [5.41, 5.74) is 2.68. The van der Waals surface area contributed by atoms with Crippen molar-refractivity contribution < 1.29 is 9.53 Å². The molecule has 0 spiro atoms. The van der Waals surface area contributed by atoms with Crippen LogP contribution in [-0.2, 0) is 11.2 Å². The average molecular weight is 317 g/mol. The highest BCUT2D eigenvalue weighted by molar-refractivity contribution is 6.01. The summed E-state index contributed by atoms with van der Waals surface area (Å²) in [6, 6.07) is 27.0. The van der Waals surface area contributed by atoms with Gasteiger partial charge in [0.15, 0.2) is 0 Å². The van der Waals surface area contributed by atoms with Gasteiger partial charge in [0.25, 0.3) is 0 Å². The van der Waals surface area contributed by atoms with Gasteiger partial charge in [-0.25, -0.2) is 0 Å². The topological polar surface area (TPSA) is 29.5 Å². The lowest BCUT2D eigenvalue weighted by Crippen LogP contribution is -2.27. The maximum atomic E-state index is 13.0. The van der Waals surface area contributed by atoms with Crippen molar-refractivity contribution in [1.29, 1.82) is 0 Å². The van der Waals surface area contributed by atoms with E-state index in [4.69, 9.17) is 4.74 Å². The quantitative estimate of drug-likeness (QED) is 0.688. The van der Waals surface area contributed by atoms with Crippen molar-refractivity contribution in [1.82, 2.24) is 0 Å². The molecule has 0 bridgehead atoms. The third-order valence-electron chi connectivity index (χ3n) is 3.79. The molecule has 0 fully saturated rings. The van der Waals surface area contributed by atoms with Crippen LogP contribution in [0.4, 0.5) is 11.4 Å². The predicted molar refractivity (Wildman–Crippen MR) is 96.7 cm³/mol. The zero-order valence-electron chi connectivity index (χ0n) is 13.6. The molecule has 3 nitrogen and oxygen atoms in total. The zero-order valence-corrected chi connectivity index (χ0v) is 13.6. The Kier molecular flexibility index (Phi) is 4.92. The van der Waals surface area contributed by atoms with E-state index in [-0.39, 0.29) is 5.91 Å². The number of carbonyl (C=O) groups is 1. The van der Waals surface area contributed by atoms with Crippen molar-refractivity contribution >= 4 is 17.3 Å². The minimum absolute atomic E-state index is 0.0255. The molecule has 0 saturated carbocycles. The lowest BCUT2D eigenvalue weighted by Gasteiger charge is -2.23. The Morgan fingerprint density at radius 1 is 0.792 bits per heavy atom. The molecular weight excluding hydrogens is 298 g/mol. The van der Waals surface area contributed by atoms with E-state index in [0.717, 1.165) is 22.7 Å². The lowest BCUT2D eigenvalue weighted by molar-refractivity contribution is -0.117. The van der Waals surface area contributed by atoms with Crippen LogP contribution in [0.5, 0.6) is 5.75 Å². The van der Waals surface area contributed by atoms with Gasteiger partial charge in [-0.1, -0.05) is 48.5 Å². The van der Waals surface area contributed by atoms with Gasteiger partial charge in [0.1, 0.15) is 5.75 Å². The number of amides is 1. The number of rotatable bonds is 5. The van der Waals surface area contributed by atoms with E-state index < -0.39 is 0 Å². The lowest BCUT2D eigenvalue weighted by atomic mass is 10.1. The summed E-state index contributed by atoms with van der Waals surface area (Å²) in [5.74, 6) is 0.812. The molecule has 0 aliphatic heterocycles. The van der Waals surface area contributed by atoms with Gasteiger partial charge < -0.3 is 4.74 Å². The molecule has 0 N–H and O–H groups in total. The minimum Gasteiger partial charge on any atom is -0.497 e. The van der Waals surface area contributed by atoms with E-state index in [2.05, 4.69) is 0 Å². The van der Waals surface area contributed by atoms with E-state index >= 15 is 0 Å². The molecule has 3 aromatic rings. The molecule has 0 unspecified atom stereocenters. The normalized spacial score (nSPS) is 10.2. The molecule has 3 aromatic carbocycles. The molecule has 3 heteroatoms. The Balaban J connectivity index is 1.89. The Labute approximate surface area is 142 Å². The van der Waals surface area contributed by atoms with Crippen LogP contribution < -0.4 is 9.64 Å². The van der Waals surface area contributed by atoms with Crippen molar-refractivity contribution in [3.8, 4) is 5.75 Å². The van der Waals surface area contributed by atoms with Gasteiger partial charge in [-0.3, -0.25) is 9.69 Å². The second-order valence-corrected chi connectivity index (χ2v) is 5.43. The molecule has 120 valence electrons. The van der Waals surface area contributed by atoms with Crippen molar-refractivity contribution in [2.24, 2.45) is 0 Å². The molecule has 24 heavy (non-hydrogen) atoms. The zero-order chi connectivity index (χ0) is 16.8. The predicted octanol–water partition coefficient (Wildman–Crippen LogP) is 4.60. The van der Waals surface area contributed by atoms with Crippen molar-refractivity contribution in [2.75, 3.05) is 12.0 Å². The Hall–Kier alpha value is -3.07. The summed E-state index contributed by atoms with van der Waals surface area (Å²) in [7, 11) is 1.63. The monoisotopic (exact) mass is 317 g/mol. The summed E-state index contributed by atoms with van der Waals surface area (Å²) in [4.78, 5) is 14.7. The number of para-hydroxylation sites is 2. The van der Waals surface area contributed by atoms with Crippen LogP contribution in [0.3, 0.4) is 0 Å². The van der Waals surface area contributed by atoms with Crippen LogP contribution in [0.15, 0.2) is 84.9 Å². The highest BCUT2D eigenvalue weighted by Gasteiger charge is 2.18. The third kappa shape index (κ3) is 3.63. The number of anilines is 2. The largest absolute Gasteiger partial charge is 0.497 e. The van der Waals surface area contributed by atoms with Crippen LogP contribution in [0.1, 0.15) is 5.56 Å². The highest BCUT2D eigenvalue weighted by Crippen LogP contribution is 2.26. The molecule has 0 radical (unpaired) electrons. The van der Waals surface area contributed by atoms with Crippen LogP contribution in [-0.4, -0.2) is 13.0 Å². The molecule has 0 aliphatic carbocycles. The van der Waals surface area contributed by atoms with Crippen molar-refractivity contribution in [2.45, 2.75) is 6.42 Å². The van der Waals surface area contributed by atoms with Crippen LogP contribution in [0, 0.1) is 0 Å². The number of benzene rings is 3. The van der Waals surface area contributed by atoms with Gasteiger partial charge >= 0.3 is 0 Å². The summed E-state index contributed by atoms with van der Waals surface area (Å²) in [6.07, 6.45) is 0.327. The van der Waals surface area contributed by atoms with Gasteiger partial charge in [-0.2, -0.15) is 0 Å². The summed E-state index contributed by atoms with van der Waals surface area (Å²) < 4.78 is 5.16. The smallest absolute Gasteiger partial charge is 0.235 e. The van der Waals surface area contributed by atoms with Crippen molar-refractivity contribution in [3.05, 3.63) is 90.5 Å². The highest BCUT2D eigenvalue weighted by atomic mass is 16.5. The molecular formula is C21H19NO2. The second kappa shape index (κ2) is 7.47. The Bertz CT molecular complexity index is 744. The molecule has 0 aromatic heterocycles. The molecule has 0 aliphatic rings. The van der Waals surface area contributed by atoms with Gasteiger partial charge in [0.2, 0.25) is 5.91 Å². The van der Waals surface area contributed by atoms with Gasteiger partial charge in [-0.05, 0) is 42.0 Å². The van der Waals surface area contributed by atoms with E-state index in [1.807, 2.05) is 84.9 Å². The summed E-state index contributed by atoms with van der Waals surface area (Å²) in [6.45, 7) is 0. The number of ether oxygens (including phenoxy) is 1. The number of methoxy groups -OCH3 is 1. The summed E-state index contributed by atoms with van der Waals surface area (Å²) in [5, 5.41) is 0. The standard InChI is InChI=1S/C21H19NO2/c1-24-20-14-12-17(13-15-20)16-21(23)22(18-8-4-2-5-9-18)19-10-6-3-7-11-19/h2-15H,16H2,1H3. The fourth-order valence-electron chi connectivity index (χ4n) is 2.59. The molecule has 1 amide bonds. The molecule has 3 rings (SSSR count). The first kappa shape index (κ1) is 15.8. The number of nitrogens with zero attached hydrogens (tertiary/aromatic N) is 1. The van der Waals surface area contributed by atoms with Crippen LogP contribution in [0.2, 0.25) is 0 Å². The van der Waals surface area contributed by atoms with E-state index in [0.29, 0.717) is 6.42 Å². The number of hydrogen-bond acceptors (Lipinski definition) is 2. The Morgan fingerprint density at radius 3 is 1.75 bits per heavy atom. The maximum absolute atomic E-state index is 13.0. The fraction of sp³-hybridized carbons (Fsp3) is 0.0952. The third-order valence-corrected chi connectivity index (χ3v) is 3.79. The minimum atomic E-state index is 0.0255. The van der Waals surface area contributed by atoms with Gasteiger partial charge in [0, 0.05) is 11.4 Å². The molecule has 0 saturated heterocycles. The second-order valence-electron chi connectivity index (χ2n) is 5.43. The Morgan fingerprint density at radius 2 is 1.29 bits per heavy atom. The van der Waals surface area contributed by atoms with Crippen LogP contribution >= 0.6 is 0 Å². The van der Waals surface area contributed by atoms with Crippen LogP contribution in [0.25, 0.3) is 0 Å². The average Bonchev–Trinajstić information content (AvgIpc) is 2.64. The first-order chi connectivity index (χ1) is 11.8. The van der Waals surface area contributed by atoms with Gasteiger partial charge in [-0.15, -0.1) is 0 Å². The summed E-state index contributed by atoms with van der Waals surface area (Å²) >= 11 is 0. The molecule has 0 atom stereocenters. The molecule has 0 heterocycles. The number of carbonyl (C=O) groups excluding carboxylic acids is 1. The first-order valence-corrected chi connectivity index (χ1v) is 7.84. The van der Waals surface area contributed by atoms with E-state index in [1.54, 1.807) is 12.0 Å². The van der Waals surface area contributed by atoms with Gasteiger partial charge in [0.05, 0.1) is 13.5 Å². The van der Waals surface area contributed by atoms with E-state index in [1.165, 1.54) is 0 Å².